The lowest BCUT2D eigenvalue weighted by Crippen LogP contribution is -2.61. The van der Waals surface area contributed by atoms with Crippen LogP contribution in [-0.2, 0) is 32.3 Å². The van der Waals surface area contributed by atoms with E-state index in [1.807, 2.05) is 0 Å². The first-order chi connectivity index (χ1) is 11.0. The highest BCUT2D eigenvalue weighted by Gasteiger charge is 2.43. The number of hydrogen-bond donors (Lipinski definition) is 1. The van der Waals surface area contributed by atoms with Gasteiger partial charge in [-0.25, -0.2) is 9.36 Å². The van der Waals surface area contributed by atoms with Crippen LogP contribution in [0.3, 0.4) is 0 Å². The quantitative estimate of drug-likeness (QED) is 0.462. The molecule has 1 unspecified atom stereocenters. The summed E-state index contributed by atoms with van der Waals surface area (Å²) in [4.78, 5) is 12.2. The molecule has 0 aliphatic heterocycles. The minimum Gasteiger partial charge on any atom is -0.444 e. The summed E-state index contributed by atoms with van der Waals surface area (Å²) in [7, 11) is 1.49. The van der Waals surface area contributed by atoms with Crippen molar-refractivity contribution < 1.29 is 37.1 Å². The molecule has 0 radical (unpaired) electrons. The maximum Gasteiger partial charge on any atom is 0.474 e. The lowest BCUT2D eigenvalue weighted by atomic mass is 9.96. The van der Waals surface area contributed by atoms with Gasteiger partial charge in [-0.3, -0.25) is 13.6 Å². The van der Waals surface area contributed by atoms with Crippen molar-refractivity contribution in [2.75, 3.05) is 35.0 Å². The van der Waals surface area contributed by atoms with Crippen molar-refractivity contribution in [2.45, 2.75) is 51.5 Å². The number of methoxy groups -OCH3 is 2. The number of carbonyl (C=O) groups is 1. The second-order valence-corrected chi connectivity index (χ2v) is 7.91. The van der Waals surface area contributed by atoms with E-state index in [4.69, 9.17) is 27.8 Å². The van der Waals surface area contributed by atoms with Gasteiger partial charge in [-0.05, 0) is 27.2 Å². The van der Waals surface area contributed by atoms with Gasteiger partial charge >= 0.3 is 13.9 Å². The molecular weight excluding hydrogens is 341 g/mol. The van der Waals surface area contributed by atoms with Crippen LogP contribution in [0.4, 0.5) is 4.79 Å². The van der Waals surface area contributed by atoms with Crippen LogP contribution in [0, 0.1) is 0 Å². The van der Waals surface area contributed by atoms with Crippen LogP contribution in [0.1, 0.15) is 34.1 Å². The molecule has 0 aliphatic rings. The molecule has 1 N–H and O–H groups in total. The van der Waals surface area contributed by atoms with E-state index in [1.54, 1.807) is 27.7 Å². The van der Waals surface area contributed by atoms with Gasteiger partial charge in [0.25, 0.3) is 0 Å². The zero-order chi connectivity index (χ0) is 19.0. The van der Waals surface area contributed by atoms with E-state index in [-0.39, 0.29) is 6.61 Å². The van der Waals surface area contributed by atoms with E-state index in [0.717, 1.165) is 0 Å². The SMILES string of the molecule is CCC(COP(=O)(OC)OC)(NC(=O)OC(C)(C)C)C(OC)OC. The Labute approximate surface area is 143 Å². The number of rotatable bonds is 10. The third-order valence-corrected chi connectivity index (χ3v) is 4.53. The first-order valence-corrected chi connectivity index (χ1v) is 8.90. The third kappa shape index (κ3) is 7.04. The van der Waals surface area contributed by atoms with E-state index in [0.29, 0.717) is 6.42 Å². The zero-order valence-corrected chi connectivity index (χ0v) is 16.6. The number of phosphoric ester groups is 1. The summed E-state index contributed by atoms with van der Waals surface area (Å²) in [6, 6.07) is 0. The van der Waals surface area contributed by atoms with Gasteiger partial charge in [0.15, 0.2) is 6.29 Å². The number of nitrogens with one attached hydrogen (secondary N) is 1. The lowest BCUT2D eigenvalue weighted by Gasteiger charge is -2.39. The molecule has 0 fully saturated rings. The molecule has 9 nitrogen and oxygen atoms in total. The molecule has 0 saturated carbocycles. The summed E-state index contributed by atoms with van der Waals surface area (Å²) < 4.78 is 42.7. The molecule has 24 heavy (non-hydrogen) atoms. The Kier molecular flexibility index (Phi) is 9.41. The second kappa shape index (κ2) is 9.70. The number of hydrogen-bond acceptors (Lipinski definition) is 8. The molecule has 0 aromatic carbocycles. The maximum absolute atomic E-state index is 12.2. The number of amides is 1. The summed E-state index contributed by atoms with van der Waals surface area (Å²) >= 11 is 0. The standard InChI is InChI=1S/C14H30NO8P/c1-9-14(11(18-5)19-6,10-22-24(17,20-7)21-8)15-12(16)23-13(2,3)4/h11H,9-10H2,1-8H3,(H,15,16). The number of ether oxygens (including phenoxy) is 3. The number of alkyl carbamates (subject to hydrolysis) is 1. The molecule has 144 valence electrons. The van der Waals surface area contributed by atoms with Crippen LogP contribution in [0.2, 0.25) is 0 Å². The van der Waals surface area contributed by atoms with Crippen molar-refractivity contribution in [3.63, 3.8) is 0 Å². The van der Waals surface area contributed by atoms with E-state index >= 15 is 0 Å². The van der Waals surface area contributed by atoms with Crippen molar-refractivity contribution in [3.05, 3.63) is 0 Å². The average molecular weight is 371 g/mol. The Bertz CT molecular complexity index is 427. The van der Waals surface area contributed by atoms with Crippen molar-refractivity contribution in [1.29, 1.82) is 0 Å². The molecule has 0 spiro atoms. The van der Waals surface area contributed by atoms with Gasteiger partial charge < -0.3 is 19.5 Å². The van der Waals surface area contributed by atoms with Crippen LogP contribution in [-0.4, -0.2) is 58.6 Å². The van der Waals surface area contributed by atoms with Crippen LogP contribution < -0.4 is 5.32 Å². The Balaban J connectivity index is 5.42. The molecule has 0 heterocycles. The highest BCUT2D eigenvalue weighted by Crippen LogP contribution is 2.48. The molecule has 10 heteroatoms. The smallest absolute Gasteiger partial charge is 0.444 e. The van der Waals surface area contributed by atoms with Crippen molar-refractivity contribution in [3.8, 4) is 0 Å². The Morgan fingerprint density at radius 2 is 1.58 bits per heavy atom. The predicted octanol–water partition coefficient (Wildman–Crippen LogP) is 2.70. The van der Waals surface area contributed by atoms with E-state index in [1.165, 1.54) is 28.4 Å². The molecule has 0 aromatic rings. The summed E-state index contributed by atoms with van der Waals surface area (Å²) in [5, 5.41) is 2.69. The highest BCUT2D eigenvalue weighted by atomic mass is 31.2. The van der Waals surface area contributed by atoms with Crippen molar-refractivity contribution >= 4 is 13.9 Å². The Morgan fingerprint density at radius 3 is 1.92 bits per heavy atom. The van der Waals surface area contributed by atoms with Gasteiger partial charge in [0, 0.05) is 28.4 Å². The molecule has 0 saturated heterocycles. The van der Waals surface area contributed by atoms with Gasteiger partial charge in [-0.15, -0.1) is 0 Å². The monoisotopic (exact) mass is 371 g/mol. The largest absolute Gasteiger partial charge is 0.474 e. The Hall–Kier alpha value is -0.700. The summed E-state index contributed by atoms with van der Waals surface area (Å²) in [5.74, 6) is 0. The van der Waals surface area contributed by atoms with Gasteiger partial charge in [-0.2, -0.15) is 0 Å². The molecular formula is C14H30NO8P. The molecule has 0 aliphatic carbocycles. The first kappa shape index (κ1) is 23.3. The fourth-order valence-electron chi connectivity index (χ4n) is 1.95. The summed E-state index contributed by atoms with van der Waals surface area (Å²) in [6.45, 7) is 6.77. The number of phosphoric acid groups is 1. The number of carbonyl (C=O) groups excluding carboxylic acids is 1. The van der Waals surface area contributed by atoms with Crippen LogP contribution in [0.15, 0.2) is 0 Å². The van der Waals surface area contributed by atoms with Gasteiger partial charge in [-0.1, -0.05) is 6.92 Å². The second-order valence-electron chi connectivity index (χ2n) is 6.03. The van der Waals surface area contributed by atoms with E-state index in [9.17, 15) is 9.36 Å². The van der Waals surface area contributed by atoms with Gasteiger partial charge in [0.2, 0.25) is 0 Å². The summed E-state index contributed by atoms with van der Waals surface area (Å²) in [6.07, 6.45) is -1.22. The maximum atomic E-state index is 12.2. The highest BCUT2D eigenvalue weighted by molar-refractivity contribution is 7.48. The first-order valence-electron chi connectivity index (χ1n) is 7.44. The van der Waals surface area contributed by atoms with Crippen molar-refractivity contribution in [2.24, 2.45) is 0 Å². The predicted molar refractivity (Wildman–Crippen MR) is 87.8 cm³/mol. The van der Waals surface area contributed by atoms with Gasteiger partial charge in [0.05, 0.1) is 6.61 Å². The molecule has 0 aromatic heterocycles. The molecule has 0 bridgehead atoms. The van der Waals surface area contributed by atoms with E-state index in [2.05, 4.69) is 5.32 Å². The lowest BCUT2D eigenvalue weighted by molar-refractivity contribution is -0.165. The average Bonchev–Trinajstić information content (AvgIpc) is 2.51. The molecule has 0 rings (SSSR count). The Morgan fingerprint density at radius 1 is 1.08 bits per heavy atom. The zero-order valence-electron chi connectivity index (χ0n) is 15.7. The van der Waals surface area contributed by atoms with Crippen LogP contribution in [0.25, 0.3) is 0 Å². The van der Waals surface area contributed by atoms with Crippen LogP contribution in [0.5, 0.6) is 0 Å². The normalized spacial score (nSPS) is 15.2. The van der Waals surface area contributed by atoms with Crippen LogP contribution >= 0.6 is 7.82 Å². The van der Waals surface area contributed by atoms with E-state index < -0.39 is 31.3 Å². The minimum absolute atomic E-state index is 0.242. The topological polar surface area (TPSA) is 102 Å². The minimum atomic E-state index is -3.74. The molecule has 1 amide bonds. The fourth-order valence-corrected chi connectivity index (χ4v) is 2.70. The summed E-state index contributed by atoms with van der Waals surface area (Å²) in [5.41, 5.74) is -1.85. The van der Waals surface area contributed by atoms with Gasteiger partial charge in [0.1, 0.15) is 11.1 Å². The fraction of sp³-hybridized carbons (Fsp3) is 0.929. The molecule has 1 atom stereocenters. The van der Waals surface area contributed by atoms with Crippen molar-refractivity contribution in [1.82, 2.24) is 5.32 Å². The third-order valence-electron chi connectivity index (χ3n) is 3.19.